The molecule has 0 aliphatic carbocycles. The van der Waals surface area contributed by atoms with Crippen LogP contribution in [0.2, 0.25) is 0 Å². The van der Waals surface area contributed by atoms with Gasteiger partial charge in [-0.1, -0.05) is 68.3 Å². The summed E-state index contributed by atoms with van der Waals surface area (Å²) in [5.74, 6) is 0.612. The van der Waals surface area contributed by atoms with Gasteiger partial charge in [0.1, 0.15) is 5.75 Å². The number of fused-ring (bicyclic) bond motifs is 3. The van der Waals surface area contributed by atoms with Gasteiger partial charge in [0.25, 0.3) is 0 Å². The molecule has 0 amide bonds. The van der Waals surface area contributed by atoms with Crippen LogP contribution in [0.25, 0.3) is 21.8 Å². The van der Waals surface area contributed by atoms with Gasteiger partial charge in [0, 0.05) is 56.2 Å². The first kappa shape index (κ1) is 31.3. The second kappa shape index (κ2) is 12.9. The van der Waals surface area contributed by atoms with Crippen LogP contribution in [0.15, 0.2) is 99.9 Å². The molecular weight excluding hydrogens is 693 g/mol. The average molecular weight is 722 g/mol. The molecule has 2 N–H and O–H groups in total. The van der Waals surface area contributed by atoms with Crippen molar-refractivity contribution in [1.29, 1.82) is 0 Å². The number of aliphatic hydroxyl groups excluding tert-OH is 1. The van der Waals surface area contributed by atoms with Gasteiger partial charge in [0.15, 0.2) is 6.29 Å². The molecule has 0 spiro atoms. The van der Waals surface area contributed by atoms with Crippen molar-refractivity contribution in [2.45, 2.75) is 30.7 Å². The zero-order valence-electron chi connectivity index (χ0n) is 23.2. The van der Waals surface area contributed by atoms with E-state index in [1.165, 1.54) is 24.3 Å². The van der Waals surface area contributed by atoms with Crippen molar-refractivity contribution in [1.82, 2.24) is 4.57 Å². The normalized spacial score (nSPS) is 14.9. The van der Waals surface area contributed by atoms with Crippen LogP contribution in [-0.4, -0.2) is 49.0 Å². The van der Waals surface area contributed by atoms with Crippen LogP contribution in [0, 0.1) is 0 Å². The Labute approximate surface area is 263 Å². The van der Waals surface area contributed by atoms with Crippen molar-refractivity contribution in [2.75, 3.05) is 26.1 Å². The summed E-state index contributed by atoms with van der Waals surface area (Å²) >= 11 is 7.09. The maximum atomic E-state index is 14.8. The maximum Gasteiger partial charge on any atom is 0.426 e. The minimum absolute atomic E-state index is 0.0604. The lowest BCUT2D eigenvalue weighted by molar-refractivity contribution is -0.357. The van der Waals surface area contributed by atoms with Gasteiger partial charge in [-0.25, -0.2) is 0 Å². The highest BCUT2D eigenvalue weighted by atomic mass is 79.9. The van der Waals surface area contributed by atoms with E-state index in [2.05, 4.69) is 37.2 Å². The minimum Gasteiger partial charge on any atom is -0.497 e. The fourth-order valence-corrected chi connectivity index (χ4v) is 6.04. The summed E-state index contributed by atoms with van der Waals surface area (Å²) in [6, 6.07) is 25.9. The Bertz CT molecular complexity index is 1660. The molecule has 11 heteroatoms. The smallest absolute Gasteiger partial charge is 0.426 e. The summed E-state index contributed by atoms with van der Waals surface area (Å²) in [5.41, 5.74) is -1.01. The number of hydrogen-bond acceptors (Lipinski definition) is 5. The molecule has 0 saturated heterocycles. The summed E-state index contributed by atoms with van der Waals surface area (Å²) in [6.45, 7) is 0.175. The third kappa shape index (κ3) is 6.28. The predicted molar refractivity (Wildman–Crippen MR) is 168 cm³/mol. The number of rotatable bonds is 11. The highest BCUT2D eigenvalue weighted by Gasteiger charge is 2.62. The number of aliphatic hydroxyl groups is 1. The summed E-state index contributed by atoms with van der Waals surface area (Å²) < 4.78 is 64.4. The Morgan fingerprint density at radius 3 is 2.02 bits per heavy atom. The average Bonchev–Trinajstić information content (AvgIpc) is 3.27. The van der Waals surface area contributed by atoms with Gasteiger partial charge >= 0.3 is 6.18 Å². The zero-order chi connectivity index (χ0) is 30.8. The van der Waals surface area contributed by atoms with E-state index >= 15 is 0 Å². The van der Waals surface area contributed by atoms with Gasteiger partial charge in [-0.15, -0.1) is 0 Å². The Morgan fingerprint density at radius 1 is 0.837 bits per heavy atom. The second-order valence-electron chi connectivity index (χ2n) is 9.96. The standard InChI is InChI=1S/C32H29Br2F3N2O4/c1-41-24-10-6-9-23(17-24)38-18-25(43-30(40)31(42-2,32(35,36)37)20-7-4-3-5-8-20)19-39-28-13-11-21(33)15-26(28)27-16-22(34)12-14-29(27)39/h3-17,25,30,38,40H,18-19H2,1-2H3. The molecule has 3 atom stereocenters. The van der Waals surface area contributed by atoms with Crippen molar-refractivity contribution in [3.05, 3.63) is 106 Å². The highest BCUT2D eigenvalue weighted by molar-refractivity contribution is 9.10. The molecule has 43 heavy (non-hydrogen) atoms. The molecular formula is C32H29Br2F3N2O4. The fraction of sp³-hybridized carbons (Fsp3) is 0.250. The lowest BCUT2D eigenvalue weighted by Gasteiger charge is -2.39. The van der Waals surface area contributed by atoms with Gasteiger partial charge in [-0.3, -0.25) is 0 Å². The molecule has 6 nitrogen and oxygen atoms in total. The Morgan fingerprint density at radius 2 is 1.47 bits per heavy atom. The molecule has 5 aromatic rings. The van der Waals surface area contributed by atoms with Crippen molar-refractivity contribution < 1.29 is 32.5 Å². The van der Waals surface area contributed by atoms with Crippen LogP contribution in [-0.2, 0) is 21.6 Å². The first-order valence-corrected chi connectivity index (χ1v) is 14.9. The second-order valence-corrected chi connectivity index (χ2v) is 11.8. The Hall–Kier alpha value is -3.09. The number of hydrogen-bond donors (Lipinski definition) is 2. The van der Waals surface area contributed by atoms with Gasteiger partial charge in [-0.2, -0.15) is 13.2 Å². The molecule has 0 saturated carbocycles. The van der Waals surface area contributed by atoms with Gasteiger partial charge in [0.05, 0.1) is 19.8 Å². The fourth-order valence-electron chi connectivity index (χ4n) is 5.31. The number of halogens is 5. The summed E-state index contributed by atoms with van der Waals surface area (Å²) in [6.07, 6.45) is -8.35. The monoisotopic (exact) mass is 720 g/mol. The molecule has 4 aromatic carbocycles. The number of anilines is 1. The van der Waals surface area contributed by atoms with E-state index in [1.807, 2.05) is 47.0 Å². The van der Waals surface area contributed by atoms with E-state index in [1.54, 1.807) is 31.4 Å². The molecule has 0 aliphatic heterocycles. The summed E-state index contributed by atoms with van der Waals surface area (Å²) in [7, 11) is 2.46. The molecule has 0 radical (unpaired) electrons. The molecule has 0 bridgehead atoms. The predicted octanol–water partition coefficient (Wildman–Crippen LogP) is 8.25. The van der Waals surface area contributed by atoms with Crippen molar-refractivity contribution in [2.24, 2.45) is 0 Å². The van der Waals surface area contributed by atoms with Gasteiger partial charge in [0.2, 0.25) is 5.60 Å². The van der Waals surface area contributed by atoms with Crippen molar-refractivity contribution in [3.63, 3.8) is 0 Å². The van der Waals surface area contributed by atoms with E-state index in [0.29, 0.717) is 11.4 Å². The number of aromatic nitrogens is 1. The number of ether oxygens (including phenoxy) is 3. The quantitative estimate of drug-likeness (QED) is 0.135. The van der Waals surface area contributed by atoms with Gasteiger partial charge < -0.3 is 29.2 Å². The number of nitrogens with one attached hydrogen (secondary N) is 1. The van der Waals surface area contributed by atoms with Crippen molar-refractivity contribution >= 4 is 59.4 Å². The topological polar surface area (TPSA) is 64.9 Å². The molecule has 226 valence electrons. The molecule has 0 aliphatic rings. The lowest BCUT2D eigenvalue weighted by atomic mass is 9.91. The highest BCUT2D eigenvalue weighted by Crippen LogP contribution is 2.45. The number of nitrogens with zero attached hydrogens (tertiary/aromatic N) is 1. The summed E-state index contributed by atoms with van der Waals surface area (Å²) in [5, 5.41) is 16.4. The molecule has 0 fully saturated rings. The van der Waals surface area contributed by atoms with Crippen LogP contribution in [0.4, 0.5) is 18.9 Å². The molecule has 3 unspecified atom stereocenters. The number of methoxy groups -OCH3 is 2. The molecule has 1 heterocycles. The van der Waals surface area contributed by atoms with Gasteiger partial charge in [-0.05, 0) is 54.1 Å². The number of benzene rings is 4. The van der Waals surface area contributed by atoms with E-state index < -0.39 is 24.2 Å². The SMILES string of the molecule is COc1cccc(NCC(Cn2c3ccc(Br)cc3c3cc(Br)ccc32)OC(O)C(OC)(c2ccccc2)C(F)(F)F)c1. The van der Waals surface area contributed by atoms with Crippen LogP contribution < -0.4 is 10.1 Å². The van der Waals surface area contributed by atoms with E-state index in [9.17, 15) is 18.3 Å². The third-order valence-corrected chi connectivity index (χ3v) is 8.38. The number of alkyl halides is 3. The van der Waals surface area contributed by atoms with Crippen LogP contribution >= 0.6 is 31.9 Å². The zero-order valence-corrected chi connectivity index (χ0v) is 26.4. The van der Waals surface area contributed by atoms with E-state index in [-0.39, 0.29) is 18.7 Å². The van der Waals surface area contributed by atoms with E-state index in [0.717, 1.165) is 37.9 Å². The third-order valence-electron chi connectivity index (χ3n) is 7.39. The Kier molecular flexibility index (Phi) is 9.38. The molecule has 5 rings (SSSR count). The van der Waals surface area contributed by atoms with Crippen LogP contribution in [0.1, 0.15) is 5.56 Å². The minimum atomic E-state index is -5.00. The lowest BCUT2D eigenvalue weighted by Crippen LogP contribution is -2.55. The Balaban J connectivity index is 1.57. The molecule has 1 aromatic heterocycles. The van der Waals surface area contributed by atoms with E-state index in [4.69, 9.17) is 14.2 Å². The first-order chi connectivity index (χ1) is 20.6. The summed E-state index contributed by atoms with van der Waals surface area (Å²) in [4.78, 5) is 0. The largest absolute Gasteiger partial charge is 0.497 e. The van der Waals surface area contributed by atoms with Crippen LogP contribution in [0.3, 0.4) is 0 Å². The van der Waals surface area contributed by atoms with Crippen molar-refractivity contribution in [3.8, 4) is 5.75 Å². The first-order valence-electron chi connectivity index (χ1n) is 13.3. The maximum absolute atomic E-state index is 14.8. The van der Waals surface area contributed by atoms with Crippen LogP contribution in [0.5, 0.6) is 5.75 Å².